The number of benzene rings is 1. The lowest BCUT2D eigenvalue weighted by Crippen LogP contribution is -2.17. The van der Waals surface area contributed by atoms with Crippen LogP contribution in [-0.2, 0) is 6.61 Å². The molecular weight excluding hydrogens is 278 g/mol. The molecule has 0 unspecified atom stereocenters. The van der Waals surface area contributed by atoms with Crippen LogP contribution in [0.15, 0.2) is 36.5 Å². The van der Waals surface area contributed by atoms with Crippen molar-refractivity contribution in [1.29, 1.82) is 0 Å². The number of rotatable bonds is 3. The van der Waals surface area contributed by atoms with Crippen LogP contribution in [0.4, 0.5) is 17.6 Å². The number of halogens is 4. The van der Waals surface area contributed by atoms with Crippen LogP contribution in [0.2, 0.25) is 0 Å². The zero-order valence-corrected chi connectivity index (χ0v) is 9.99. The highest BCUT2D eigenvalue weighted by atomic mass is 19.4. The van der Waals surface area contributed by atoms with Crippen molar-refractivity contribution in [3.8, 4) is 17.0 Å². The molecule has 0 atom stereocenters. The minimum absolute atomic E-state index is 0.0112. The van der Waals surface area contributed by atoms with Gasteiger partial charge in [-0.05, 0) is 18.2 Å². The highest BCUT2D eigenvalue weighted by molar-refractivity contribution is 5.62. The van der Waals surface area contributed by atoms with Gasteiger partial charge in [-0.25, -0.2) is 4.39 Å². The SMILES string of the molecule is OCc1ccnc(-c2cccc(OC(F)(F)F)c2)c1F. The van der Waals surface area contributed by atoms with Crippen molar-refractivity contribution >= 4 is 0 Å². The van der Waals surface area contributed by atoms with E-state index >= 15 is 0 Å². The van der Waals surface area contributed by atoms with Crippen molar-refractivity contribution in [2.45, 2.75) is 13.0 Å². The van der Waals surface area contributed by atoms with Crippen molar-refractivity contribution in [3.05, 3.63) is 47.9 Å². The normalized spacial score (nSPS) is 11.4. The molecule has 20 heavy (non-hydrogen) atoms. The molecule has 0 saturated heterocycles. The number of hydrogen-bond acceptors (Lipinski definition) is 3. The molecular formula is C13H9F4NO2. The lowest BCUT2D eigenvalue weighted by molar-refractivity contribution is -0.274. The summed E-state index contributed by atoms with van der Waals surface area (Å²) in [5, 5.41) is 8.96. The molecule has 2 rings (SSSR count). The smallest absolute Gasteiger partial charge is 0.406 e. The van der Waals surface area contributed by atoms with Crippen molar-refractivity contribution in [1.82, 2.24) is 4.98 Å². The van der Waals surface area contributed by atoms with E-state index in [0.717, 1.165) is 12.1 Å². The number of ether oxygens (including phenoxy) is 1. The van der Waals surface area contributed by atoms with Gasteiger partial charge < -0.3 is 9.84 Å². The fraction of sp³-hybridized carbons (Fsp3) is 0.154. The topological polar surface area (TPSA) is 42.4 Å². The summed E-state index contributed by atoms with van der Waals surface area (Å²) in [7, 11) is 0. The van der Waals surface area contributed by atoms with E-state index in [0.29, 0.717) is 0 Å². The summed E-state index contributed by atoms with van der Waals surface area (Å²) in [5.41, 5.74) is -0.0131. The number of aliphatic hydroxyl groups excluding tert-OH is 1. The van der Waals surface area contributed by atoms with Crippen LogP contribution in [-0.4, -0.2) is 16.5 Å². The molecule has 7 heteroatoms. The molecule has 0 saturated carbocycles. The molecule has 0 aliphatic heterocycles. The van der Waals surface area contributed by atoms with Crippen LogP contribution in [0.3, 0.4) is 0 Å². The molecule has 1 heterocycles. The first kappa shape index (κ1) is 14.3. The van der Waals surface area contributed by atoms with E-state index in [2.05, 4.69) is 9.72 Å². The third-order valence-electron chi connectivity index (χ3n) is 2.48. The monoisotopic (exact) mass is 287 g/mol. The maximum absolute atomic E-state index is 13.9. The lowest BCUT2D eigenvalue weighted by atomic mass is 10.1. The van der Waals surface area contributed by atoms with Crippen LogP contribution in [0, 0.1) is 5.82 Å². The fourth-order valence-corrected chi connectivity index (χ4v) is 1.65. The van der Waals surface area contributed by atoms with E-state index in [1.54, 1.807) is 0 Å². The van der Waals surface area contributed by atoms with Crippen molar-refractivity contribution in [3.63, 3.8) is 0 Å². The Morgan fingerprint density at radius 3 is 2.60 bits per heavy atom. The van der Waals surface area contributed by atoms with Gasteiger partial charge in [0.1, 0.15) is 11.4 Å². The second kappa shape index (κ2) is 5.46. The average Bonchev–Trinajstić information content (AvgIpc) is 2.37. The van der Waals surface area contributed by atoms with Gasteiger partial charge in [-0.3, -0.25) is 4.98 Å². The molecule has 0 radical (unpaired) electrons. The number of aromatic nitrogens is 1. The van der Waals surface area contributed by atoms with E-state index in [4.69, 9.17) is 5.11 Å². The van der Waals surface area contributed by atoms with Crippen LogP contribution in [0.25, 0.3) is 11.3 Å². The Kier molecular flexibility index (Phi) is 3.89. The van der Waals surface area contributed by atoms with Crippen molar-refractivity contribution < 1.29 is 27.4 Å². The fourth-order valence-electron chi connectivity index (χ4n) is 1.65. The van der Waals surface area contributed by atoms with E-state index in [1.807, 2.05) is 0 Å². The second-order valence-electron chi connectivity index (χ2n) is 3.87. The first-order valence-electron chi connectivity index (χ1n) is 5.51. The second-order valence-corrected chi connectivity index (χ2v) is 3.87. The molecule has 0 bridgehead atoms. The predicted molar refractivity (Wildman–Crippen MR) is 62.2 cm³/mol. The Balaban J connectivity index is 2.41. The first-order chi connectivity index (χ1) is 9.40. The molecule has 3 nitrogen and oxygen atoms in total. The molecule has 0 amide bonds. The predicted octanol–water partition coefficient (Wildman–Crippen LogP) is 3.28. The van der Waals surface area contributed by atoms with Gasteiger partial charge in [0.15, 0.2) is 5.82 Å². The van der Waals surface area contributed by atoms with E-state index in [9.17, 15) is 17.6 Å². The Bertz CT molecular complexity index is 614. The third kappa shape index (κ3) is 3.24. The summed E-state index contributed by atoms with van der Waals surface area (Å²) in [6.07, 6.45) is -3.56. The largest absolute Gasteiger partial charge is 0.573 e. The minimum atomic E-state index is -4.82. The summed E-state index contributed by atoms with van der Waals surface area (Å²) >= 11 is 0. The number of hydrogen-bond donors (Lipinski definition) is 1. The molecule has 106 valence electrons. The summed E-state index contributed by atoms with van der Waals surface area (Å²) in [5.74, 6) is -1.25. The van der Waals surface area contributed by atoms with Crippen molar-refractivity contribution in [2.75, 3.05) is 0 Å². The number of aliphatic hydroxyl groups is 1. The molecule has 2 aromatic rings. The quantitative estimate of drug-likeness (QED) is 0.881. The molecule has 1 aromatic heterocycles. The maximum atomic E-state index is 13.9. The van der Waals surface area contributed by atoms with Crippen LogP contribution in [0.5, 0.6) is 5.75 Å². The summed E-state index contributed by atoms with van der Waals surface area (Å²) < 4.78 is 54.1. The van der Waals surface area contributed by atoms with Crippen LogP contribution in [0.1, 0.15) is 5.56 Å². The Morgan fingerprint density at radius 2 is 1.95 bits per heavy atom. The van der Waals surface area contributed by atoms with Gasteiger partial charge in [0.2, 0.25) is 0 Å². The molecule has 1 aromatic carbocycles. The average molecular weight is 287 g/mol. The van der Waals surface area contributed by atoms with Gasteiger partial charge in [0.05, 0.1) is 6.61 Å². The zero-order chi connectivity index (χ0) is 14.8. The highest BCUT2D eigenvalue weighted by Crippen LogP contribution is 2.29. The minimum Gasteiger partial charge on any atom is -0.406 e. The Morgan fingerprint density at radius 1 is 1.20 bits per heavy atom. The molecule has 0 fully saturated rings. The maximum Gasteiger partial charge on any atom is 0.573 e. The summed E-state index contributed by atoms with van der Waals surface area (Å²) in [6, 6.07) is 6.11. The third-order valence-corrected chi connectivity index (χ3v) is 2.48. The standard InChI is InChI=1S/C13H9F4NO2/c14-11-9(7-19)4-5-18-12(11)8-2-1-3-10(6-8)20-13(15,16)17/h1-6,19H,7H2. The van der Waals surface area contributed by atoms with Gasteiger partial charge in [0, 0.05) is 17.3 Å². The van der Waals surface area contributed by atoms with Crippen molar-refractivity contribution in [2.24, 2.45) is 0 Å². The van der Waals surface area contributed by atoms with Crippen LogP contribution < -0.4 is 4.74 Å². The first-order valence-corrected chi connectivity index (χ1v) is 5.51. The highest BCUT2D eigenvalue weighted by Gasteiger charge is 2.31. The molecule has 0 aliphatic carbocycles. The number of alkyl halides is 3. The lowest BCUT2D eigenvalue weighted by Gasteiger charge is -2.10. The summed E-state index contributed by atoms with van der Waals surface area (Å²) in [4.78, 5) is 3.77. The van der Waals surface area contributed by atoms with E-state index in [1.165, 1.54) is 24.4 Å². The zero-order valence-electron chi connectivity index (χ0n) is 9.99. The Labute approximate surface area is 111 Å². The molecule has 0 aliphatic rings. The van der Waals surface area contributed by atoms with Gasteiger partial charge in [0.25, 0.3) is 0 Å². The van der Waals surface area contributed by atoms with E-state index < -0.39 is 24.5 Å². The number of pyridine rings is 1. The molecule has 1 N–H and O–H groups in total. The van der Waals surface area contributed by atoms with Crippen LogP contribution >= 0.6 is 0 Å². The Hall–Kier alpha value is -2.15. The van der Waals surface area contributed by atoms with E-state index in [-0.39, 0.29) is 16.8 Å². The number of nitrogens with zero attached hydrogens (tertiary/aromatic N) is 1. The molecule has 0 spiro atoms. The van der Waals surface area contributed by atoms with Gasteiger partial charge in [-0.15, -0.1) is 13.2 Å². The summed E-state index contributed by atoms with van der Waals surface area (Å²) in [6.45, 7) is -0.528. The van der Waals surface area contributed by atoms with Gasteiger partial charge >= 0.3 is 6.36 Å². The van der Waals surface area contributed by atoms with Gasteiger partial charge in [-0.2, -0.15) is 0 Å². The van der Waals surface area contributed by atoms with Gasteiger partial charge in [-0.1, -0.05) is 12.1 Å².